The molecule has 6 aromatic carbocycles. The molecule has 0 nitrogen and oxygen atoms in total. The minimum atomic E-state index is 0. The van der Waals surface area contributed by atoms with Crippen molar-refractivity contribution in [3.63, 3.8) is 0 Å². The second-order valence-corrected chi connectivity index (χ2v) is 14.8. The van der Waals surface area contributed by atoms with Gasteiger partial charge in [0.25, 0.3) is 0 Å². The van der Waals surface area contributed by atoms with Crippen molar-refractivity contribution in [1.29, 1.82) is 0 Å². The molecule has 0 heterocycles. The SMILES string of the molecule is CC(C)c1cc2c(-c3ccc(C(C)(C)C)cc3)cccc2[cH-]1.Cc1cc(-c2ccc(C(C)(C)C)cc2)c2cc(C)[cH-]c2c1.Cl.Cl.[CH3-].[CH3-].[Si]=[Zr]. The third kappa shape index (κ3) is 11.4. The molecule has 6 aromatic rings. The fourth-order valence-corrected chi connectivity index (χ4v) is 6.00. The van der Waals surface area contributed by atoms with Crippen LogP contribution in [0.1, 0.15) is 89.1 Å². The molecule has 262 valence electrons. The van der Waals surface area contributed by atoms with E-state index in [1.165, 1.54) is 95.0 Å². The van der Waals surface area contributed by atoms with Gasteiger partial charge in [0.05, 0.1) is 0 Å². The summed E-state index contributed by atoms with van der Waals surface area (Å²) in [5, 5.41) is 5.43. The molecule has 0 atom stereocenters. The quantitative estimate of drug-likeness (QED) is 0.124. The number of fused-ring (bicyclic) bond motifs is 2. The Morgan fingerprint density at radius 3 is 1.51 bits per heavy atom. The standard InChI is InChI=1S/C22H25.C21H23.2CH3.2ClH.Si.Zr/c1-15(2)18-13-17-7-6-8-20(21(17)14-18)16-9-11-19(12-10-16)22(3,4)5;1-14-10-17-11-15(2)13-20(17)19(12-14)16-6-8-18(9-7-16)21(3,4)5;;;;;;/h6-15H,1-5H3;6-13H,1-5H3;2*1H3;2*1H;;/q4*-1;;;;. The predicted molar refractivity (Wildman–Crippen MR) is 224 cm³/mol. The second-order valence-electron chi connectivity index (χ2n) is 14.8. The van der Waals surface area contributed by atoms with Gasteiger partial charge in [0.15, 0.2) is 0 Å². The number of hydrogen-bond acceptors (Lipinski definition) is 0. The molecule has 0 aliphatic carbocycles. The van der Waals surface area contributed by atoms with Crippen molar-refractivity contribution in [1.82, 2.24) is 0 Å². The average Bonchev–Trinajstić information content (AvgIpc) is 3.60. The Hall–Kier alpha value is -2.22. The number of rotatable bonds is 3. The van der Waals surface area contributed by atoms with Crippen LogP contribution in [0.4, 0.5) is 0 Å². The van der Waals surface area contributed by atoms with Crippen molar-refractivity contribution in [3.05, 3.63) is 146 Å². The summed E-state index contributed by atoms with van der Waals surface area (Å²) in [6.07, 6.45) is 0. The van der Waals surface area contributed by atoms with Crippen LogP contribution in [0.3, 0.4) is 0 Å². The summed E-state index contributed by atoms with van der Waals surface area (Å²) in [6.45, 7) is 25.5. The van der Waals surface area contributed by atoms with Gasteiger partial charge in [-0.2, -0.15) is 12.1 Å². The normalized spacial score (nSPS) is 10.7. The molecule has 0 unspecified atom stereocenters. The number of halogens is 2. The van der Waals surface area contributed by atoms with Gasteiger partial charge in [0, 0.05) is 0 Å². The van der Waals surface area contributed by atoms with Crippen molar-refractivity contribution < 1.29 is 23.3 Å². The van der Waals surface area contributed by atoms with E-state index in [4.69, 9.17) is 0 Å². The Labute approximate surface area is 328 Å². The first kappa shape index (κ1) is 46.8. The third-order valence-corrected chi connectivity index (χ3v) is 8.68. The fourth-order valence-electron chi connectivity index (χ4n) is 6.00. The zero-order valence-corrected chi connectivity index (χ0v) is 36.8. The maximum absolute atomic E-state index is 3.06. The second kappa shape index (κ2) is 19.4. The van der Waals surface area contributed by atoms with Crippen LogP contribution in [-0.4, -0.2) is 6.88 Å². The van der Waals surface area contributed by atoms with Crippen molar-refractivity contribution in [2.45, 2.75) is 86.0 Å². The molecule has 0 aromatic heterocycles. The molecule has 49 heavy (non-hydrogen) atoms. The van der Waals surface area contributed by atoms with Crippen LogP contribution in [-0.2, 0) is 34.2 Å². The van der Waals surface area contributed by atoms with Crippen molar-refractivity contribution in [3.8, 4) is 22.3 Å². The molecule has 4 heteroatoms. The molecular weight excluding hydrogens is 731 g/mol. The van der Waals surface area contributed by atoms with Crippen LogP contribution in [0.5, 0.6) is 0 Å². The summed E-state index contributed by atoms with van der Waals surface area (Å²) in [5.41, 5.74) is 12.6. The Bertz CT molecular complexity index is 1880. The molecule has 6 rings (SSSR count). The predicted octanol–water partition coefficient (Wildman–Crippen LogP) is 14.1. The summed E-state index contributed by atoms with van der Waals surface area (Å²) in [5.74, 6) is 0.573. The fraction of sp³-hybridized carbons (Fsp3) is 0.289. The average molecular weight is 787 g/mol. The van der Waals surface area contributed by atoms with E-state index in [-0.39, 0.29) is 50.5 Å². The molecule has 0 N–H and O–H groups in total. The van der Waals surface area contributed by atoms with Crippen molar-refractivity contribution in [2.75, 3.05) is 0 Å². The Morgan fingerprint density at radius 2 is 1.04 bits per heavy atom. The molecule has 0 aliphatic heterocycles. The number of hydrogen-bond donors (Lipinski definition) is 0. The molecule has 0 aliphatic rings. The van der Waals surface area contributed by atoms with E-state index in [9.17, 15) is 0 Å². The summed E-state index contributed by atoms with van der Waals surface area (Å²) >= 11 is 1.36. The maximum atomic E-state index is 3.06. The molecule has 0 saturated heterocycles. The molecular formula is C45H56Cl2SiZr-4. The Kier molecular flexibility index (Phi) is 18.5. The van der Waals surface area contributed by atoms with Gasteiger partial charge in [-0.15, -0.1) is 87.8 Å². The van der Waals surface area contributed by atoms with Gasteiger partial charge in [-0.25, -0.2) is 0 Å². The molecule has 0 amide bonds. The van der Waals surface area contributed by atoms with Crippen molar-refractivity contribution in [2.24, 2.45) is 0 Å². The van der Waals surface area contributed by atoms with Gasteiger partial charge in [0.1, 0.15) is 0 Å². The Balaban J connectivity index is 0.000000831. The van der Waals surface area contributed by atoms with E-state index >= 15 is 0 Å². The van der Waals surface area contributed by atoms with E-state index in [1.54, 1.807) is 0 Å². The Morgan fingerprint density at radius 1 is 0.571 bits per heavy atom. The first-order valence-corrected chi connectivity index (χ1v) is 20.2. The zero-order chi connectivity index (χ0) is 33.1. The number of aryl methyl sites for hydroxylation is 2. The van der Waals surface area contributed by atoms with Crippen molar-refractivity contribution >= 4 is 53.2 Å². The van der Waals surface area contributed by atoms with Gasteiger partial charge in [-0.05, 0) is 45.9 Å². The van der Waals surface area contributed by atoms with Crippen LogP contribution in [0, 0.1) is 28.7 Å². The van der Waals surface area contributed by atoms with Crippen LogP contribution in [0.2, 0.25) is 0 Å². The summed E-state index contributed by atoms with van der Waals surface area (Å²) in [4.78, 5) is 0. The molecule has 0 spiro atoms. The third-order valence-electron chi connectivity index (χ3n) is 8.68. The van der Waals surface area contributed by atoms with Gasteiger partial charge in [-0.3, -0.25) is 0 Å². The van der Waals surface area contributed by atoms with E-state index in [0.29, 0.717) is 5.92 Å². The first-order chi connectivity index (χ1) is 21.2. The van der Waals surface area contributed by atoms with Gasteiger partial charge in [0.2, 0.25) is 0 Å². The monoisotopic (exact) mass is 784 g/mol. The molecule has 2 radical (unpaired) electrons. The molecule has 0 saturated carbocycles. The summed E-state index contributed by atoms with van der Waals surface area (Å²) < 4.78 is 0. The summed E-state index contributed by atoms with van der Waals surface area (Å²) in [6, 6.07) is 38.5. The van der Waals surface area contributed by atoms with Crippen LogP contribution in [0.25, 0.3) is 43.8 Å². The molecule has 0 bridgehead atoms. The number of benzene rings is 4. The minimum absolute atomic E-state index is 0. The van der Waals surface area contributed by atoms with E-state index < -0.39 is 0 Å². The van der Waals surface area contributed by atoms with Crippen LogP contribution in [0.15, 0.2) is 103 Å². The van der Waals surface area contributed by atoms with Crippen LogP contribution >= 0.6 is 24.8 Å². The van der Waals surface area contributed by atoms with Gasteiger partial charge < -0.3 is 14.9 Å². The van der Waals surface area contributed by atoms with Gasteiger partial charge in [-0.1, -0.05) is 140 Å². The van der Waals surface area contributed by atoms with E-state index in [1.807, 2.05) is 0 Å². The van der Waals surface area contributed by atoms with E-state index in [2.05, 4.69) is 179 Å². The first-order valence-electron chi connectivity index (χ1n) is 16.0. The zero-order valence-electron chi connectivity index (χ0n) is 31.7. The van der Waals surface area contributed by atoms with Gasteiger partial charge >= 0.3 is 30.2 Å². The molecule has 0 fully saturated rings. The topological polar surface area (TPSA) is 0 Å². The summed E-state index contributed by atoms with van der Waals surface area (Å²) in [7, 11) is 0. The van der Waals surface area contributed by atoms with Crippen LogP contribution < -0.4 is 0 Å². The van der Waals surface area contributed by atoms with E-state index in [0.717, 1.165) is 0 Å².